The van der Waals surface area contributed by atoms with Gasteiger partial charge in [-0.25, -0.2) is 4.98 Å². The van der Waals surface area contributed by atoms with Crippen molar-refractivity contribution >= 4 is 17.3 Å². The Labute approximate surface area is 171 Å². The number of aryl methyl sites for hydroxylation is 2. The number of aliphatic imine (C=N–C) groups is 1. The first-order valence-corrected chi connectivity index (χ1v) is 10.7. The number of hydrogen-bond acceptors (Lipinski definition) is 5. The number of nitrogens with one attached hydrogen (secondary N) is 1. The number of fused-ring (bicyclic) bond motifs is 1. The Bertz CT molecular complexity index is 819. The Morgan fingerprint density at radius 1 is 1.25 bits per heavy atom. The van der Waals surface area contributed by atoms with Gasteiger partial charge in [-0.05, 0) is 49.9 Å². The summed E-state index contributed by atoms with van der Waals surface area (Å²) in [7, 11) is 3.36. The van der Waals surface area contributed by atoms with Crippen LogP contribution >= 0.6 is 11.3 Å². The third kappa shape index (κ3) is 4.95. The van der Waals surface area contributed by atoms with Gasteiger partial charge >= 0.3 is 0 Å². The highest BCUT2D eigenvalue weighted by Gasteiger charge is 2.21. The molecule has 1 aliphatic rings. The number of thiazole rings is 1. The Morgan fingerprint density at radius 2 is 2.00 bits per heavy atom. The molecular weight excluding hydrogens is 372 g/mol. The molecule has 0 spiro atoms. The summed E-state index contributed by atoms with van der Waals surface area (Å²) in [4.78, 5) is 11.7. The number of ether oxygens (including phenoxy) is 2. The molecule has 0 saturated heterocycles. The summed E-state index contributed by atoms with van der Waals surface area (Å²) in [5.41, 5.74) is 3.70. The monoisotopic (exact) mass is 402 g/mol. The van der Waals surface area contributed by atoms with E-state index in [1.165, 1.54) is 16.1 Å². The minimum Gasteiger partial charge on any atom is -0.493 e. The molecule has 0 unspecified atom stereocenters. The number of methoxy groups -OCH3 is 2. The van der Waals surface area contributed by atoms with Crippen LogP contribution in [0.3, 0.4) is 0 Å². The Kier molecular flexibility index (Phi) is 7.14. The normalized spacial score (nSPS) is 14.0. The van der Waals surface area contributed by atoms with Crippen molar-refractivity contribution in [2.45, 2.75) is 39.7 Å². The number of rotatable bonds is 7. The van der Waals surface area contributed by atoms with E-state index in [0.29, 0.717) is 0 Å². The maximum Gasteiger partial charge on any atom is 0.194 e. The topological polar surface area (TPSA) is 59.0 Å². The van der Waals surface area contributed by atoms with Crippen LogP contribution in [0.2, 0.25) is 0 Å². The van der Waals surface area contributed by atoms with Crippen molar-refractivity contribution in [3.63, 3.8) is 0 Å². The molecule has 2 aromatic rings. The van der Waals surface area contributed by atoms with E-state index in [4.69, 9.17) is 14.5 Å². The van der Waals surface area contributed by atoms with Gasteiger partial charge < -0.3 is 19.7 Å². The number of benzene rings is 1. The predicted molar refractivity (Wildman–Crippen MR) is 115 cm³/mol. The number of aromatic nitrogens is 1. The Balaban J connectivity index is 1.65. The summed E-state index contributed by atoms with van der Waals surface area (Å²) in [6.45, 7) is 7.59. The maximum atomic E-state index is 5.47. The van der Waals surface area contributed by atoms with Crippen LogP contribution in [0.5, 0.6) is 11.5 Å². The van der Waals surface area contributed by atoms with Crippen molar-refractivity contribution in [1.29, 1.82) is 0 Å². The number of guanidine groups is 1. The van der Waals surface area contributed by atoms with Gasteiger partial charge in [-0.3, -0.25) is 4.99 Å². The summed E-state index contributed by atoms with van der Waals surface area (Å²) in [6, 6.07) is 4.19. The van der Waals surface area contributed by atoms with Gasteiger partial charge in [0.25, 0.3) is 0 Å². The molecule has 1 N–H and O–H groups in total. The first-order valence-electron chi connectivity index (χ1n) is 9.82. The van der Waals surface area contributed by atoms with Gasteiger partial charge in [-0.15, -0.1) is 11.3 Å². The van der Waals surface area contributed by atoms with Crippen LogP contribution in [0, 0.1) is 6.92 Å². The SMILES string of the molecule is CCNC(=NCCCc1nc(C)cs1)N1CCc2cc(OC)c(OC)cc2C1. The molecule has 152 valence electrons. The summed E-state index contributed by atoms with van der Waals surface area (Å²) >= 11 is 1.74. The minimum atomic E-state index is 0.781. The standard InChI is InChI=1S/C21H30N4O2S/c1-5-22-21(23-9-6-7-20-24-15(2)14-28-20)25-10-8-16-11-18(26-3)19(27-4)12-17(16)13-25/h11-12,14H,5-10,13H2,1-4H3,(H,22,23). The number of hydrogen-bond donors (Lipinski definition) is 1. The lowest BCUT2D eigenvalue weighted by Crippen LogP contribution is -2.44. The van der Waals surface area contributed by atoms with Gasteiger partial charge in [-0.1, -0.05) is 0 Å². The largest absolute Gasteiger partial charge is 0.493 e. The smallest absolute Gasteiger partial charge is 0.194 e. The Morgan fingerprint density at radius 3 is 2.64 bits per heavy atom. The highest BCUT2D eigenvalue weighted by molar-refractivity contribution is 7.09. The molecule has 7 heteroatoms. The van der Waals surface area contributed by atoms with Crippen LogP contribution in [0.4, 0.5) is 0 Å². The van der Waals surface area contributed by atoms with Crippen LogP contribution in [0.1, 0.15) is 35.2 Å². The van der Waals surface area contributed by atoms with E-state index in [1.807, 2.05) is 6.92 Å². The quantitative estimate of drug-likeness (QED) is 0.437. The average Bonchev–Trinajstić information content (AvgIpc) is 3.13. The molecule has 0 bridgehead atoms. The van der Waals surface area contributed by atoms with E-state index in [-0.39, 0.29) is 0 Å². The molecule has 0 atom stereocenters. The lowest BCUT2D eigenvalue weighted by Gasteiger charge is -2.32. The molecule has 28 heavy (non-hydrogen) atoms. The van der Waals surface area contributed by atoms with Crippen molar-refractivity contribution in [1.82, 2.24) is 15.2 Å². The fourth-order valence-electron chi connectivity index (χ4n) is 3.42. The molecule has 0 amide bonds. The first-order chi connectivity index (χ1) is 13.6. The number of nitrogens with zero attached hydrogens (tertiary/aromatic N) is 3. The minimum absolute atomic E-state index is 0.781. The highest BCUT2D eigenvalue weighted by atomic mass is 32.1. The van der Waals surface area contributed by atoms with Gasteiger partial charge in [0.05, 0.1) is 19.2 Å². The maximum absolute atomic E-state index is 5.47. The molecule has 2 heterocycles. The molecule has 1 aromatic carbocycles. The molecule has 3 rings (SSSR count). The van der Waals surface area contributed by atoms with E-state index >= 15 is 0 Å². The first kappa shape index (κ1) is 20.5. The van der Waals surface area contributed by atoms with Gasteiger partial charge in [0.2, 0.25) is 0 Å². The van der Waals surface area contributed by atoms with Crippen LogP contribution < -0.4 is 14.8 Å². The third-order valence-electron chi connectivity index (χ3n) is 4.83. The summed E-state index contributed by atoms with van der Waals surface area (Å²) in [6.07, 6.45) is 2.97. The molecule has 0 saturated carbocycles. The zero-order valence-electron chi connectivity index (χ0n) is 17.2. The molecule has 0 fully saturated rings. The summed E-state index contributed by atoms with van der Waals surface area (Å²) < 4.78 is 10.9. The Hall–Kier alpha value is -2.28. The van der Waals surface area contributed by atoms with Gasteiger partial charge in [0.1, 0.15) is 0 Å². The fraction of sp³-hybridized carbons (Fsp3) is 0.524. The van der Waals surface area contributed by atoms with Crippen molar-refractivity contribution in [3.05, 3.63) is 39.3 Å². The summed E-state index contributed by atoms with van der Waals surface area (Å²) in [5, 5.41) is 6.75. The lowest BCUT2D eigenvalue weighted by molar-refractivity contribution is 0.346. The lowest BCUT2D eigenvalue weighted by atomic mass is 9.99. The second-order valence-electron chi connectivity index (χ2n) is 6.87. The molecule has 0 aliphatic carbocycles. The van der Waals surface area contributed by atoms with Gasteiger partial charge in [0, 0.05) is 43.7 Å². The fourth-order valence-corrected chi connectivity index (χ4v) is 4.24. The zero-order chi connectivity index (χ0) is 19.9. The zero-order valence-corrected chi connectivity index (χ0v) is 18.1. The van der Waals surface area contributed by atoms with Crippen LogP contribution in [-0.2, 0) is 19.4 Å². The van der Waals surface area contributed by atoms with Crippen LogP contribution in [0.25, 0.3) is 0 Å². The van der Waals surface area contributed by atoms with Crippen molar-refractivity contribution in [2.24, 2.45) is 4.99 Å². The molecule has 1 aliphatic heterocycles. The summed E-state index contributed by atoms with van der Waals surface area (Å²) in [5.74, 6) is 2.56. The van der Waals surface area contributed by atoms with Gasteiger partial charge in [-0.2, -0.15) is 0 Å². The van der Waals surface area contributed by atoms with E-state index in [0.717, 1.165) is 68.6 Å². The van der Waals surface area contributed by atoms with E-state index in [2.05, 4.69) is 39.6 Å². The average molecular weight is 403 g/mol. The molecule has 1 aromatic heterocycles. The molecule has 6 nitrogen and oxygen atoms in total. The second kappa shape index (κ2) is 9.78. The van der Waals surface area contributed by atoms with Crippen molar-refractivity contribution < 1.29 is 9.47 Å². The third-order valence-corrected chi connectivity index (χ3v) is 5.86. The van der Waals surface area contributed by atoms with Crippen molar-refractivity contribution in [2.75, 3.05) is 33.9 Å². The molecule has 0 radical (unpaired) electrons. The van der Waals surface area contributed by atoms with Crippen LogP contribution in [-0.4, -0.2) is 49.7 Å². The van der Waals surface area contributed by atoms with E-state index < -0.39 is 0 Å². The second-order valence-corrected chi connectivity index (χ2v) is 7.81. The van der Waals surface area contributed by atoms with E-state index in [1.54, 1.807) is 25.6 Å². The predicted octanol–water partition coefficient (Wildman–Crippen LogP) is 3.43. The highest BCUT2D eigenvalue weighted by Crippen LogP contribution is 2.33. The van der Waals surface area contributed by atoms with Gasteiger partial charge in [0.15, 0.2) is 17.5 Å². The molecular formula is C21H30N4O2S. The van der Waals surface area contributed by atoms with Crippen LogP contribution in [0.15, 0.2) is 22.5 Å². The van der Waals surface area contributed by atoms with Crippen molar-refractivity contribution in [3.8, 4) is 11.5 Å². The van der Waals surface area contributed by atoms with E-state index in [9.17, 15) is 0 Å².